The Balaban J connectivity index is 1.21. The summed E-state index contributed by atoms with van der Waals surface area (Å²) in [5.74, 6) is 0.615. The third-order valence-corrected chi connectivity index (χ3v) is 11.6. The zero-order valence-corrected chi connectivity index (χ0v) is 30.8. The van der Waals surface area contributed by atoms with E-state index in [0.717, 1.165) is 60.3 Å². The van der Waals surface area contributed by atoms with Gasteiger partial charge in [-0.1, -0.05) is 140 Å². The summed E-state index contributed by atoms with van der Waals surface area (Å²) in [5, 5.41) is 7.94. The summed E-state index contributed by atoms with van der Waals surface area (Å²) in [6, 6.07) is 56.1. The van der Waals surface area contributed by atoms with Crippen molar-refractivity contribution in [3.05, 3.63) is 174 Å². The SMILES string of the molecule is Cc1ccccc1-c1cccc(-c2ccc3c(ccc4c5ccccc5n(-c5nc(-c6cccc7ccccc67)c6oc7ccccc7c6n5)c34)c2C)c1C. The molecule has 0 N–H and O–H groups in total. The predicted molar refractivity (Wildman–Crippen MR) is 229 cm³/mol. The van der Waals surface area contributed by atoms with E-state index in [0.29, 0.717) is 11.5 Å². The molecule has 0 bridgehead atoms. The van der Waals surface area contributed by atoms with Gasteiger partial charge in [0.05, 0.1) is 11.0 Å². The Morgan fingerprint density at radius 2 is 1.04 bits per heavy atom. The van der Waals surface area contributed by atoms with Crippen molar-refractivity contribution < 1.29 is 4.42 Å². The quantitative estimate of drug-likeness (QED) is 0.183. The number of aromatic nitrogens is 3. The maximum atomic E-state index is 6.59. The van der Waals surface area contributed by atoms with Crippen molar-refractivity contribution in [3.8, 4) is 39.5 Å². The van der Waals surface area contributed by atoms with Crippen molar-refractivity contribution in [2.24, 2.45) is 0 Å². The van der Waals surface area contributed by atoms with Gasteiger partial charge < -0.3 is 4.42 Å². The summed E-state index contributed by atoms with van der Waals surface area (Å²) in [4.78, 5) is 10.9. The van der Waals surface area contributed by atoms with Crippen molar-refractivity contribution in [1.82, 2.24) is 14.5 Å². The minimum absolute atomic E-state index is 0.615. The molecule has 0 saturated heterocycles. The van der Waals surface area contributed by atoms with Gasteiger partial charge in [-0.3, -0.25) is 4.57 Å². The van der Waals surface area contributed by atoms with Gasteiger partial charge in [0.15, 0.2) is 5.58 Å². The average Bonchev–Trinajstić information content (AvgIpc) is 3.77. The smallest absolute Gasteiger partial charge is 0.236 e. The summed E-state index contributed by atoms with van der Waals surface area (Å²) < 4.78 is 8.86. The molecule has 0 amide bonds. The topological polar surface area (TPSA) is 43.9 Å². The van der Waals surface area contributed by atoms with Gasteiger partial charge in [0.1, 0.15) is 16.8 Å². The summed E-state index contributed by atoms with van der Waals surface area (Å²) in [7, 11) is 0. The van der Waals surface area contributed by atoms with Gasteiger partial charge >= 0.3 is 0 Å². The van der Waals surface area contributed by atoms with Gasteiger partial charge in [-0.2, -0.15) is 0 Å². The third kappa shape index (κ3) is 4.64. The highest BCUT2D eigenvalue weighted by Crippen LogP contribution is 2.43. The Labute approximate surface area is 317 Å². The molecule has 11 rings (SSSR count). The van der Waals surface area contributed by atoms with Crippen LogP contribution in [-0.4, -0.2) is 14.5 Å². The number of para-hydroxylation sites is 2. The molecule has 3 aromatic heterocycles. The maximum absolute atomic E-state index is 6.59. The van der Waals surface area contributed by atoms with E-state index in [1.165, 1.54) is 49.7 Å². The first-order chi connectivity index (χ1) is 27.0. The second-order valence-electron chi connectivity index (χ2n) is 14.6. The molecule has 3 heterocycles. The number of fused-ring (bicyclic) bond motifs is 9. The number of aryl methyl sites for hydroxylation is 2. The van der Waals surface area contributed by atoms with Crippen molar-refractivity contribution in [1.29, 1.82) is 0 Å². The first-order valence-corrected chi connectivity index (χ1v) is 18.8. The standard InChI is InChI=1S/C51H35N3O/c1-30-14-4-6-17-34(30)35-21-13-22-36(31(35)2)37-26-28-42-38(32(37)3)27-29-43-40-19-8-10-24-45(40)54(49(42)43)51-52-47(41-23-12-16-33-15-5-7-18-39(33)41)50-48(53-51)44-20-9-11-25-46(44)55-50/h4-29H,1-3H3. The van der Waals surface area contributed by atoms with Crippen LogP contribution in [0.1, 0.15) is 16.7 Å². The zero-order chi connectivity index (χ0) is 36.8. The minimum Gasteiger partial charge on any atom is -0.452 e. The molecule has 0 radical (unpaired) electrons. The molecule has 0 aliphatic carbocycles. The number of hydrogen-bond donors (Lipinski definition) is 0. The molecule has 11 aromatic rings. The number of nitrogens with zero attached hydrogens (tertiary/aromatic N) is 3. The van der Waals surface area contributed by atoms with Gasteiger partial charge in [0, 0.05) is 27.1 Å². The molecule has 0 aliphatic heterocycles. The van der Waals surface area contributed by atoms with E-state index in [2.05, 4.69) is 165 Å². The lowest BCUT2D eigenvalue weighted by atomic mass is 9.88. The van der Waals surface area contributed by atoms with Gasteiger partial charge in [-0.15, -0.1) is 0 Å². The van der Waals surface area contributed by atoms with E-state index in [-0.39, 0.29) is 0 Å². The number of benzene rings is 8. The number of hydrogen-bond acceptors (Lipinski definition) is 3. The Morgan fingerprint density at radius 1 is 0.436 bits per heavy atom. The highest BCUT2D eigenvalue weighted by Gasteiger charge is 2.23. The molecule has 260 valence electrons. The summed E-state index contributed by atoms with van der Waals surface area (Å²) in [5.41, 5.74) is 15.1. The normalized spacial score (nSPS) is 11.9. The lowest BCUT2D eigenvalue weighted by molar-refractivity contribution is 0.666. The second-order valence-corrected chi connectivity index (χ2v) is 14.6. The van der Waals surface area contributed by atoms with Gasteiger partial charge in [0.25, 0.3) is 0 Å². The van der Waals surface area contributed by atoms with Crippen LogP contribution in [-0.2, 0) is 0 Å². The fourth-order valence-corrected chi connectivity index (χ4v) is 8.90. The van der Waals surface area contributed by atoms with Gasteiger partial charge in [0.2, 0.25) is 5.95 Å². The van der Waals surface area contributed by atoms with E-state index in [9.17, 15) is 0 Å². The van der Waals surface area contributed by atoms with E-state index in [4.69, 9.17) is 14.4 Å². The van der Waals surface area contributed by atoms with Crippen LogP contribution in [0.4, 0.5) is 0 Å². The van der Waals surface area contributed by atoms with Crippen LogP contribution in [0.5, 0.6) is 0 Å². The Morgan fingerprint density at radius 3 is 1.91 bits per heavy atom. The lowest BCUT2D eigenvalue weighted by Crippen LogP contribution is -2.03. The summed E-state index contributed by atoms with van der Waals surface area (Å²) >= 11 is 0. The third-order valence-electron chi connectivity index (χ3n) is 11.6. The molecule has 0 spiro atoms. The molecular weight excluding hydrogens is 671 g/mol. The second kappa shape index (κ2) is 12.0. The summed E-state index contributed by atoms with van der Waals surface area (Å²) in [6.45, 7) is 6.70. The fourth-order valence-electron chi connectivity index (χ4n) is 8.90. The largest absolute Gasteiger partial charge is 0.452 e. The Bertz CT molecular complexity index is 3360. The minimum atomic E-state index is 0.615. The van der Waals surface area contributed by atoms with Crippen LogP contribution < -0.4 is 0 Å². The van der Waals surface area contributed by atoms with Gasteiger partial charge in [-0.05, 0) is 94.1 Å². The Kier molecular flexibility index (Phi) is 6.86. The monoisotopic (exact) mass is 705 g/mol. The number of furan rings is 1. The molecule has 8 aromatic carbocycles. The molecular formula is C51H35N3O. The van der Waals surface area contributed by atoms with E-state index in [1.807, 2.05) is 18.2 Å². The maximum Gasteiger partial charge on any atom is 0.236 e. The molecule has 0 unspecified atom stereocenters. The molecule has 0 fully saturated rings. The van der Waals surface area contributed by atoms with Crippen molar-refractivity contribution >= 4 is 65.4 Å². The number of rotatable bonds is 4. The van der Waals surface area contributed by atoms with Crippen LogP contribution in [0.3, 0.4) is 0 Å². The molecule has 0 saturated carbocycles. The molecule has 4 heteroatoms. The van der Waals surface area contributed by atoms with Crippen LogP contribution >= 0.6 is 0 Å². The first-order valence-electron chi connectivity index (χ1n) is 18.8. The van der Waals surface area contributed by atoms with Crippen LogP contribution in [0.15, 0.2) is 162 Å². The highest BCUT2D eigenvalue weighted by atomic mass is 16.3. The molecule has 55 heavy (non-hydrogen) atoms. The van der Waals surface area contributed by atoms with Gasteiger partial charge in [-0.25, -0.2) is 9.97 Å². The molecule has 0 atom stereocenters. The zero-order valence-electron chi connectivity index (χ0n) is 30.8. The molecule has 0 aliphatic rings. The van der Waals surface area contributed by atoms with Crippen LogP contribution in [0, 0.1) is 20.8 Å². The van der Waals surface area contributed by atoms with E-state index < -0.39 is 0 Å². The van der Waals surface area contributed by atoms with Crippen molar-refractivity contribution in [2.45, 2.75) is 20.8 Å². The first kappa shape index (κ1) is 31.5. The van der Waals surface area contributed by atoms with Crippen molar-refractivity contribution in [3.63, 3.8) is 0 Å². The van der Waals surface area contributed by atoms with E-state index in [1.54, 1.807) is 0 Å². The fraction of sp³-hybridized carbons (Fsp3) is 0.0588. The predicted octanol–water partition coefficient (Wildman–Crippen LogP) is 13.7. The molecule has 4 nitrogen and oxygen atoms in total. The Hall–Kier alpha value is -7.04. The van der Waals surface area contributed by atoms with Crippen molar-refractivity contribution in [2.75, 3.05) is 0 Å². The highest BCUT2D eigenvalue weighted by molar-refractivity contribution is 6.20. The van der Waals surface area contributed by atoms with E-state index >= 15 is 0 Å². The van der Waals surface area contributed by atoms with Crippen LogP contribution in [0.25, 0.3) is 105 Å². The summed E-state index contributed by atoms with van der Waals surface area (Å²) in [6.07, 6.45) is 0. The average molecular weight is 706 g/mol. The lowest BCUT2D eigenvalue weighted by Gasteiger charge is -2.17. The van der Waals surface area contributed by atoms with Crippen LogP contribution in [0.2, 0.25) is 0 Å².